The van der Waals surface area contributed by atoms with E-state index in [0.717, 1.165) is 16.0 Å². The molecule has 4 aromatic rings. The molecule has 0 N–H and O–H groups in total. The standard InChI is InChI=1S/C13H8BF2N9/c14-7-1-3-11-20-21-12(24(11)5-7)13(15,16)8-2-4-10-18-9(19-23-17)6-25(10)22-8/h1-6H,14H2. The van der Waals surface area contributed by atoms with Crippen molar-refractivity contribution in [2.24, 2.45) is 5.11 Å². The smallest absolute Gasteiger partial charge is 0.282 e. The number of fused-ring (bicyclic) bond motifs is 2. The van der Waals surface area contributed by atoms with Crippen LogP contribution in [0, 0.1) is 0 Å². The lowest BCUT2D eigenvalue weighted by Crippen LogP contribution is -2.22. The lowest BCUT2D eigenvalue weighted by Gasteiger charge is -2.14. The van der Waals surface area contributed by atoms with Crippen LogP contribution in [0.15, 0.2) is 41.8 Å². The van der Waals surface area contributed by atoms with Crippen molar-refractivity contribution in [1.29, 1.82) is 0 Å². The Morgan fingerprint density at radius 2 is 1.92 bits per heavy atom. The lowest BCUT2D eigenvalue weighted by molar-refractivity contribution is 0.0258. The monoisotopic (exact) mass is 339 g/mol. The number of azide groups is 1. The van der Waals surface area contributed by atoms with Crippen LogP contribution in [0.1, 0.15) is 11.5 Å². The topological polar surface area (TPSA) is 109 Å². The molecule has 0 bridgehead atoms. The molecule has 4 heterocycles. The number of alkyl halides is 2. The Kier molecular flexibility index (Phi) is 3.15. The molecule has 0 unspecified atom stereocenters. The maximum absolute atomic E-state index is 15.0. The molecule has 0 aliphatic rings. The zero-order valence-corrected chi connectivity index (χ0v) is 12.7. The first-order valence-electron chi connectivity index (χ1n) is 7.11. The first-order valence-corrected chi connectivity index (χ1v) is 7.11. The van der Waals surface area contributed by atoms with Crippen molar-refractivity contribution < 1.29 is 8.78 Å². The van der Waals surface area contributed by atoms with Gasteiger partial charge in [-0.3, -0.25) is 4.40 Å². The highest BCUT2D eigenvalue weighted by molar-refractivity contribution is 6.32. The molecular weight excluding hydrogens is 331 g/mol. The molecule has 0 radical (unpaired) electrons. The van der Waals surface area contributed by atoms with E-state index in [4.69, 9.17) is 5.53 Å². The average molecular weight is 339 g/mol. The quantitative estimate of drug-likeness (QED) is 0.241. The van der Waals surface area contributed by atoms with Gasteiger partial charge in [0.05, 0.1) is 6.20 Å². The Hall–Kier alpha value is -3.53. The van der Waals surface area contributed by atoms with Crippen molar-refractivity contribution >= 4 is 30.4 Å². The fraction of sp³-hybridized carbons (Fsp3) is 0.0769. The second kappa shape index (κ2) is 5.25. The molecule has 4 rings (SSSR count). The predicted octanol–water partition coefficient (Wildman–Crippen LogP) is 1.11. The summed E-state index contributed by atoms with van der Waals surface area (Å²) in [7, 11) is 1.79. The molecule has 0 atom stereocenters. The van der Waals surface area contributed by atoms with E-state index < -0.39 is 17.4 Å². The summed E-state index contributed by atoms with van der Waals surface area (Å²) in [5.74, 6) is -3.97. The zero-order chi connectivity index (χ0) is 17.6. The maximum atomic E-state index is 15.0. The Morgan fingerprint density at radius 3 is 2.72 bits per heavy atom. The van der Waals surface area contributed by atoms with Crippen molar-refractivity contribution in [1.82, 2.24) is 29.2 Å². The fourth-order valence-corrected chi connectivity index (χ4v) is 2.46. The molecule has 0 fully saturated rings. The molecule has 0 aliphatic carbocycles. The summed E-state index contributed by atoms with van der Waals surface area (Å²) in [5.41, 5.74) is 9.29. The number of imidazole rings is 1. The van der Waals surface area contributed by atoms with Gasteiger partial charge in [-0.25, -0.2) is 9.50 Å². The van der Waals surface area contributed by atoms with E-state index in [-0.39, 0.29) is 11.5 Å². The van der Waals surface area contributed by atoms with Gasteiger partial charge >= 0.3 is 5.92 Å². The largest absolute Gasteiger partial charge is 0.350 e. The number of halogens is 2. The summed E-state index contributed by atoms with van der Waals surface area (Å²) in [6.45, 7) is 0. The number of hydrogen-bond acceptors (Lipinski definition) is 5. The molecule has 0 amide bonds. The van der Waals surface area contributed by atoms with E-state index in [1.54, 1.807) is 20.0 Å². The van der Waals surface area contributed by atoms with Gasteiger partial charge in [0.2, 0.25) is 5.82 Å². The summed E-state index contributed by atoms with van der Waals surface area (Å²) in [6, 6.07) is 5.89. The SMILES string of the molecule is Bc1ccc2nnc(C(F)(F)c3ccc4nc(N=[N+]=[N-])cn4n3)n2c1. The van der Waals surface area contributed by atoms with E-state index in [9.17, 15) is 8.78 Å². The molecule has 0 aliphatic heterocycles. The van der Waals surface area contributed by atoms with Gasteiger partial charge in [-0.05, 0) is 28.8 Å². The van der Waals surface area contributed by atoms with Gasteiger partial charge in [0, 0.05) is 11.1 Å². The van der Waals surface area contributed by atoms with Crippen LogP contribution in [0.25, 0.3) is 21.7 Å². The molecule has 25 heavy (non-hydrogen) atoms. The van der Waals surface area contributed by atoms with Crippen LogP contribution in [0.2, 0.25) is 0 Å². The molecule has 0 saturated heterocycles. The third-order valence-electron chi connectivity index (χ3n) is 3.61. The van der Waals surface area contributed by atoms with Gasteiger partial charge in [-0.1, -0.05) is 11.5 Å². The molecule has 4 aromatic heterocycles. The van der Waals surface area contributed by atoms with Gasteiger partial charge in [0.15, 0.2) is 11.3 Å². The van der Waals surface area contributed by atoms with Crippen LogP contribution in [-0.4, -0.2) is 37.0 Å². The zero-order valence-electron chi connectivity index (χ0n) is 12.7. The lowest BCUT2D eigenvalue weighted by atomic mass is 9.99. The highest BCUT2D eigenvalue weighted by Crippen LogP contribution is 2.33. The Labute approximate surface area is 139 Å². The molecule has 9 nitrogen and oxygen atoms in total. The van der Waals surface area contributed by atoms with Crippen LogP contribution in [0.3, 0.4) is 0 Å². The van der Waals surface area contributed by atoms with Gasteiger partial charge in [-0.15, -0.1) is 10.2 Å². The van der Waals surface area contributed by atoms with Crippen LogP contribution in [-0.2, 0) is 5.92 Å². The summed E-state index contributed by atoms with van der Waals surface area (Å²) < 4.78 is 32.3. The molecule has 0 saturated carbocycles. The number of hydrogen-bond donors (Lipinski definition) is 0. The van der Waals surface area contributed by atoms with Crippen molar-refractivity contribution in [2.75, 3.05) is 0 Å². The molecule has 0 aromatic carbocycles. The first kappa shape index (κ1) is 15.0. The fourth-order valence-electron chi connectivity index (χ4n) is 2.46. The van der Waals surface area contributed by atoms with Crippen LogP contribution >= 0.6 is 0 Å². The van der Waals surface area contributed by atoms with E-state index in [1.807, 2.05) is 0 Å². The van der Waals surface area contributed by atoms with Crippen LogP contribution in [0.5, 0.6) is 0 Å². The summed E-state index contributed by atoms with van der Waals surface area (Å²) in [5, 5.41) is 14.6. The highest BCUT2D eigenvalue weighted by Gasteiger charge is 2.41. The minimum Gasteiger partial charge on any atom is -0.282 e. The minimum atomic E-state index is -3.48. The van der Waals surface area contributed by atoms with Crippen molar-refractivity contribution in [3.05, 3.63) is 58.6 Å². The summed E-state index contributed by atoms with van der Waals surface area (Å²) in [6.07, 6.45) is 2.80. The van der Waals surface area contributed by atoms with Crippen molar-refractivity contribution in [3.8, 4) is 0 Å². The highest BCUT2D eigenvalue weighted by atomic mass is 19.3. The maximum Gasteiger partial charge on any atom is 0.350 e. The number of rotatable bonds is 3. The van der Waals surface area contributed by atoms with Crippen molar-refractivity contribution in [3.63, 3.8) is 0 Å². The van der Waals surface area contributed by atoms with Gasteiger partial charge in [0.1, 0.15) is 19.4 Å². The van der Waals surface area contributed by atoms with E-state index in [1.165, 1.54) is 22.9 Å². The van der Waals surface area contributed by atoms with Crippen molar-refractivity contribution in [2.45, 2.75) is 5.92 Å². The normalized spacial score (nSPS) is 11.8. The third kappa shape index (κ3) is 2.36. The Balaban J connectivity index is 1.87. The molecule has 122 valence electrons. The molecule has 12 heteroatoms. The number of nitrogens with zero attached hydrogens (tertiary/aromatic N) is 9. The number of aromatic nitrogens is 6. The van der Waals surface area contributed by atoms with Crippen LogP contribution in [0.4, 0.5) is 14.6 Å². The predicted molar refractivity (Wildman–Crippen MR) is 86.0 cm³/mol. The second-order valence-corrected chi connectivity index (χ2v) is 5.34. The van der Waals surface area contributed by atoms with E-state index >= 15 is 0 Å². The third-order valence-corrected chi connectivity index (χ3v) is 3.61. The van der Waals surface area contributed by atoms with Gasteiger partial charge in [0.25, 0.3) is 0 Å². The van der Waals surface area contributed by atoms with E-state index in [0.29, 0.717) is 5.65 Å². The molecule has 0 spiro atoms. The van der Waals surface area contributed by atoms with Gasteiger partial charge in [-0.2, -0.15) is 13.9 Å². The summed E-state index contributed by atoms with van der Waals surface area (Å²) >= 11 is 0. The Morgan fingerprint density at radius 1 is 1.12 bits per heavy atom. The van der Waals surface area contributed by atoms with Crippen LogP contribution < -0.4 is 5.46 Å². The first-order chi connectivity index (χ1) is 12.0. The Bertz CT molecular complexity index is 1160. The number of pyridine rings is 1. The average Bonchev–Trinajstić information content (AvgIpc) is 3.17. The molecular formula is C13H8BF2N9. The summed E-state index contributed by atoms with van der Waals surface area (Å²) in [4.78, 5) is 6.56. The van der Waals surface area contributed by atoms with Gasteiger partial charge < -0.3 is 0 Å². The minimum absolute atomic E-state index is 0.0408. The van der Waals surface area contributed by atoms with E-state index in [2.05, 4.69) is 30.3 Å². The second-order valence-electron chi connectivity index (χ2n) is 5.34.